The predicted molar refractivity (Wildman–Crippen MR) is 93.7 cm³/mol. The molecule has 122 valence electrons. The van der Waals surface area contributed by atoms with E-state index in [0.29, 0.717) is 16.3 Å². The molecule has 0 fully saturated rings. The van der Waals surface area contributed by atoms with E-state index in [9.17, 15) is 9.59 Å². The number of benzene rings is 2. The van der Waals surface area contributed by atoms with Gasteiger partial charge in [-0.2, -0.15) is 0 Å². The quantitative estimate of drug-likeness (QED) is 0.719. The number of thiophene rings is 1. The van der Waals surface area contributed by atoms with E-state index in [-0.39, 0.29) is 12.5 Å². The Hall–Kier alpha value is -2.86. The second-order valence-electron chi connectivity index (χ2n) is 5.00. The van der Waals surface area contributed by atoms with Crippen molar-refractivity contribution in [2.75, 3.05) is 19.0 Å². The highest BCUT2D eigenvalue weighted by molar-refractivity contribution is 7.20. The van der Waals surface area contributed by atoms with Crippen LogP contribution in [0.5, 0.6) is 5.75 Å². The molecule has 0 unspecified atom stereocenters. The second-order valence-corrected chi connectivity index (χ2v) is 6.08. The zero-order chi connectivity index (χ0) is 16.9. The molecule has 0 saturated heterocycles. The number of fused-ring (bicyclic) bond motifs is 1. The van der Waals surface area contributed by atoms with Gasteiger partial charge in [-0.05, 0) is 29.7 Å². The molecule has 0 saturated carbocycles. The number of carbonyl (C=O) groups excluding carboxylic acids is 2. The van der Waals surface area contributed by atoms with Crippen LogP contribution in [0.4, 0.5) is 5.69 Å². The molecule has 6 heteroatoms. The number of methoxy groups -OCH3 is 1. The number of esters is 1. The number of hydrogen-bond donors (Lipinski definition) is 1. The lowest BCUT2D eigenvalue weighted by Crippen LogP contribution is -2.13. The van der Waals surface area contributed by atoms with Crippen molar-refractivity contribution in [1.82, 2.24) is 0 Å². The number of rotatable bonds is 5. The molecule has 0 aliphatic heterocycles. The van der Waals surface area contributed by atoms with Gasteiger partial charge in [0.05, 0.1) is 12.0 Å². The lowest BCUT2D eigenvalue weighted by Gasteiger charge is -2.08. The van der Waals surface area contributed by atoms with Gasteiger partial charge in [0.1, 0.15) is 5.75 Å². The minimum absolute atomic E-state index is 0.176. The molecule has 3 aromatic rings. The fourth-order valence-electron chi connectivity index (χ4n) is 2.15. The van der Waals surface area contributed by atoms with Crippen LogP contribution in [0.15, 0.2) is 54.6 Å². The van der Waals surface area contributed by atoms with Crippen molar-refractivity contribution in [3.05, 3.63) is 59.5 Å². The highest BCUT2D eigenvalue weighted by Gasteiger charge is 2.11. The van der Waals surface area contributed by atoms with E-state index in [1.54, 1.807) is 24.3 Å². The van der Waals surface area contributed by atoms with Crippen molar-refractivity contribution in [2.45, 2.75) is 0 Å². The summed E-state index contributed by atoms with van der Waals surface area (Å²) in [5.74, 6) is -0.162. The summed E-state index contributed by atoms with van der Waals surface area (Å²) in [6, 6.07) is 16.6. The summed E-state index contributed by atoms with van der Waals surface area (Å²) in [5, 5.41) is 3.88. The third-order valence-corrected chi connectivity index (χ3v) is 4.44. The van der Waals surface area contributed by atoms with Crippen molar-refractivity contribution < 1.29 is 19.1 Å². The van der Waals surface area contributed by atoms with Gasteiger partial charge < -0.3 is 14.8 Å². The first kappa shape index (κ1) is 16.0. The lowest BCUT2D eigenvalue weighted by molar-refractivity contribution is -0.142. The minimum Gasteiger partial charge on any atom is -0.482 e. The van der Waals surface area contributed by atoms with Crippen LogP contribution in [-0.2, 0) is 9.53 Å². The van der Waals surface area contributed by atoms with Crippen LogP contribution < -0.4 is 10.1 Å². The van der Waals surface area contributed by atoms with Crippen LogP contribution in [0.1, 0.15) is 9.67 Å². The Morgan fingerprint density at radius 3 is 2.71 bits per heavy atom. The van der Waals surface area contributed by atoms with E-state index < -0.39 is 5.97 Å². The number of anilines is 1. The Labute approximate surface area is 142 Å². The molecule has 3 rings (SSSR count). The SMILES string of the molecule is COC(=O)COc1cccc(NC(=O)c2cc3ccccc3s2)c1. The Morgan fingerprint density at radius 1 is 1.08 bits per heavy atom. The molecule has 1 heterocycles. The van der Waals surface area contributed by atoms with Crippen molar-refractivity contribution >= 4 is 39.0 Å². The van der Waals surface area contributed by atoms with Crippen LogP contribution in [0.25, 0.3) is 10.1 Å². The smallest absolute Gasteiger partial charge is 0.343 e. The van der Waals surface area contributed by atoms with E-state index >= 15 is 0 Å². The van der Waals surface area contributed by atoms with Gasteiger partial charge in [-0.25, -0.2) is 4.79 Å². The molecule has 1 aromatic heterocycles. The second kappa shape index (κ2) is 7.14. The van der Waals surface area contributed by atoms with Crippen LogP contribution in [0.3, 0.4) is 0 Å². The van der Waals surface area contributed by atoms with E-state index in [2.05, 4.69) is 10.1 Å². The molecule has 0 radical (unpaired) electrons. The van der Waals surface area contributed by atoms with Crippen molar-refractivity contribution in [2.24, 2.45) is 0 Å². The van der Waals surface area contributed by atoms with Crippen molar-refractivity contribution in [3.63, 3.8) is 0 Å². The lowest BCUT2D eigenvalue weighted by atomic mass is 10.2. The maximum absolute atomic E-state index is 12.4. The van der Waals surface area contributed by atoms with E-state index in [0.717, 1.165) is 10.1 Å². The summed E-state index contributed by atoms with van der Waals surface area (Å²) in [4.78, 5) is 24.1. The predicted octanol–water partition coefficient (Wildman–Crippen LogP) is 3.71. The number of ether oxygens (including phenoxy) is 2. The van der Waals surface area contributed by atoms with Crippen molar-refractivity contribution in [1.29, 1.82) is 0 Å². The molecule has 24 heavy (non-hydrogen) atoms. The maximum atomic E-state index is 12.4. The van der Waals surface area contributed by atoms with E-state index in [1.165, 1.54) is 18.4 Å². The average molecular weight is 341 g/mol. The van der Waals surface area contributed by atoms with Gasteiger partial charge in [-0.15, -0.1) is 11.3 Å². The molecular weight excluding hydrogens is 326 g/mol. The molecular formula is C18H15NO4S. The Kier molecular flexibility index (Phi) is 4.77. The summed E-state index contributed by atoms with van der Waals surface area (Å²) in [5.41, 5.74) is 0.597. The third-order valence-electron chi connectivity index (χ3n) is 3.33. The first-order valence-electron chi connectivity index (χ1n) is 7.25. The Balaban J connectivity index is 1.70. The largest absolute Gasteiger partial charge is 0.482 e. The number of carbonyl (C=O) groups is 2. The van der Waals surface area contributed by atoms with Gasteiger partial charge in [-0.1, -0.05) is 24.3 Å². The number of nitrogens with one attached hydrogen (secondary N) is 1. The Morgan fingerprint density at radius 2 is 1.92 bits per heavy atom. The molecule has 0 aliphatic carbocycles. The van der Waals surface area contributed by atoms with Crippen molar-refractivity contribution in [3.8, 4) is 5.75 Å². The summed E-state index contributed by atoms with van der Waals surface area (Å²) in [6.07, 6.45) is 0. The average Bonchev–Trinajstić information content (AvgIpc) is 3.04. The van der Waals surface area contributed by atoms with Gasteiger partial charge in [0.15, 0.2) is 6.61 Å². The van der Waals surface area contributed by atoms with Crippen LogP contribution in [0, 0.1) is 0 Å². The van der Waals surface area contributed by atoms with Crippen LogP contribution in [-0.4, -0.2) is 25.6 Å². The highest BCUT2D eigenvalue weighted by Crippen LogP contribution is 2.26. The standard InChI is InChI=1S/C18H15NO4S/c1-22-17(20)11-23-14-7-4-6-13(10-14)19-18(21)16-9-12-5-2-3-8-15(12)24-16/h2-10H,11H2,1H3,(H,19,21). The molecule has 0 atom stereocenters. The van der Waals surface area contributed by atoms with Gasteiger partial charge in [-0.3, -0.25) is 4.79 Å². The zero-order valence-corrected chi connectivity index (χ0v) is 13.8. The zero-order valence-electron chi connectivity index (χ0n) is 12.9. The topological polar surface area (TPSA) is 64.6 Å². The maximum Gasteiger partial charge on any atom is 0.343 e. The first-order chi connectivity index (χ1) is 11.7. The molecule has 1 amide bonds. The minimum atomic E-state index is -0.463. The van der Waals surface area contributed by atoms with Gasteiger partial charge in [0.25, 0.3) is 5.91 Å². The molecule has 0 bridgehead atoms. The van der Waals surface area contributed by atoms with Crippen LogP contribution in [0.2, 0.25) is 0 Å². The summed E-state index contributed by atoms with van der Waals surface area (Å²) in [6.45, 7) is -0.176. The summed E-state index contributed by atoms with van der Waals surface area (Å²) in [7, 11) is 1.30. The third kappa shape index (κ3) is 3.72. The van der Waals surface area contributed by atoms with Crippen LogP contribution >= 0.6 is 11.3 Å². The number of hydrogen-bond acceptors (Lipinski definition) is 5. The summed E-state index contributed by atoms with van der Waals surface area (Å²) < 4.78 is 10.9. The molecule has 2 aromatic carbocycles. The van der Waals surface area contributed by atoms with E-state index in [4.69, 9.17) is 4.74 Å². The first-order valence-corrected chi connectivity index (χ1v) is 8.07. The molecule has 0 spiro atoms. The monoisotopic (exact) mass is 341 g/mol. The number of amides is 1. The fraction of sp³-hybridized carbons (Fsp3) is 0.111. The molecule has 5 nitrogen and oxygen atoms in total. The fourth-order valence-corrected chi connectivity index (χ4v) is 3.11. The summed E-state index contributed by atoms with van der Waals surface area (Å²) >= 11 is 1.44. The highest BCUT2D eigenvalue weighted by atomic mass is 32.1. The van der Waals surface area contributed by atoms with Gasteiger partial charge in [0, 0.05) is 16.5 Å². The Bertz CT molecular complexity index is 854. The van der Waals surface area contributed by atoms with Gasteiger partial charge >= 0.3 is 5.97 Å². The molecule has 0 aliphatic rings. The van der Waals surface area contributed by atoms with E-state index in [1.807, 2.05) is 30.3 Å². The molecule has 1 N–H and O–H groups in total. The van der Waals surface area contributed by atoms with Gasteiger partial charge in [0.2, 0.25) is 0 Å². The normalized spacial score (nSPS) is 10.4.